The summed E-state index contributed by atoms with van der Waals surface area (Å²) in [7, 11) is 3.15. The van der Waals surface area contributed by atoms with Crippen molar-refractivity contribution in [1.82, 2.24) is 4.90 Å². The molecule has 0 bridgehead atoms. The van der Waals surface area contributed by atoms with Crippen LogP contribution in [0.25, 0.3) is 0 Å². The van der Waals surface area contributed by atoms with Gasteiger partial charge in [0, 0.05) is 12.7 Å². The Hall–Kier alpha value is -3.02. The van der Waals surface area contributed by atoms with Gasteiger partial charge in [-0.15, -0.1) is 0 Å². The minimum absolute atomic E-state index is 0.0631. The van der Waals surface area contributed by atoms with Crippen LogP contribution in [-0.4, -0.2) is 43.5 Å². The summed E-state index contributed by atoms with van der Waals surface area (Å²) in [5.74, 6) is 0.782. The summed E-state index contributed by atoms with van der Waals surface area (Å²) in [6, 6.07) is 14.5. The molecule has 1 N–H and O–H groups in total. The molecule has 2 amide bonds. The van der Waals surface area contributed by atoms with Crippen LogP contribution < -0.4 is 14.8 Å². The highest BCUT2D eigenvalue weighted by Crippen LogP contribution is 2.16. The Morgan fingerprint density at radius 2 is 1.81 bits per heavy atom. The van der Waals surface area contributed by atoms with Gasteiger partial charge in [0.15, 0.2) is 6.10 Å². The molecule has 0 heterocycles. The van der Waals surface area contributed by atoms with Crippen LogP contribution in [0.3, 0.4) is 0 Å². The van der Waals surface area contributed by atoms with E-state index in [0.29, 0.717) is 17.2 Å². The Morgan fingerprint density at radius 3 is 2.42 bits per heavy atom. The van der Waals surface area contributed by atoms with Gasteiger partial charge < -0.3 is 19.7 Å². The number of nitrogens with one attached hydrogen (secondary N) is 1. The molecule has 6 heteroatoms. The highest BCUT2D eigenvalue weighted by atomic mass is 16.5. The van der Waals surface area contributed by atoms with Gasteiger partial charge in [0.05, 0.1) is 13.7 Å². The van der Waals surface area contributed by atoms with Crippen LogP contribution in [0.4, 0.5) is 5.69 Å². The lowest BCUT2D eigenvalue weighted by atomic mass is 10.2. The molecule has 2 aromatic carbocycles. The molecular formula is C20H24N2O4. The molecule has 0 aromatic heterocycles. The fraction of sp³-hybridized carbons (Fsp3) is 0.300. The minimum Gasteiger partial charge on any atom is -0.497 e. The van der Waals surface area contributed by atoms with E-state index in [4.69, 9.17) is 9.47 Å². The zero-order chi connectivity index (χ0) is 19.1. The van der Waals surface area contributed by atoms with Crippen LogP contribution in [0.5, 0.6) is 11.5 Å². The van der Waals surface area contributed by atoms with Crippen molar-refractivity contribution in [3.8, 4) is 11.5 Å². The molecule has 0 saturated carbocycles. The average molecular weight is 356 g/mol. The number of benzene rings is 2. The summed E-state index contributed by atoms with van der Waals surface area (Å²) >= 11 is 0. The first kappa shape index (κ1) is 19.3. The number of carbonyl (C=O) groups excluding carboxylic acids is 2. The lowest BCUT2D eigenvalue weighted by Crippen LogP contribution is -2.41. The Bertz CT molecular complexity index is 759. The van der Waals surface area contributed by atoms with E-state index in [9.17, 15) is 9.59 Å². The number of aryl methyl sites for hydroxylation is 1. The van der Waals surface area contributed by atoms with Gasteiger partial charge in [-0.05, 0) is 55.8 Å². The summed E-state index contributed by atoms with van der Waals surface area (Å²) in [5.41, 5.74) is 1.69. The Kier molecular flexibility index (Phi) is 6.60. The topological polar surface area (TPSA) is 67.9 Å². The molecule has 2 aromatic rings. The molecule has 6 nitrogen and oxygen atoms in total. The van der Waals surface area contributed by atoms with E-state index >= 15 is 0 Å². The van der Waals surface area contributed by atoms with E-state index < -0.39 is 6.10 Å². The van der Waals surface area contributed by atoms with Crippen molar-refractivity contribution in [3.63, 3.8) is 0 Å². The van der Waals surface area contributed by atoms with E-state index in [0.717, 1.165) is 5.56 Å². The van der Waals surface area contributed by atoms with Crippen molar-refractivity contribution in [2.45, 2.75) is 20.0 Å². The first-order valence-electron chi connectivity index (χ1n) is 8.31. The van der Waals surface area contributed by atoms with E-state index in [1.807, 2.05) is 25.1 Å². The molecule has 0 fully saturated rings. The molecule has 1 unspecified atom stereocenters. The summed E-state index contributed by atoms with van der Waals surface area (Å²) in [5, 5.41) is 2.75. The fourth-order valence-corrected chi connectivity index (χ4v) is 2.42. The standard InChI is InChI=1S/C20H24N2O4/c1-14-6-5-7-18(12-14)26-15(2)20(24)22(3)13-19(23)21-16-8-10-17(25-4)11-9-16/h5-12,15H,13H2,1-4H3,(H,21,23). The van der Waals surface area contributed by atoms with E-state index in [-0.39, 0.29) is 18.4 Å². The lowest BCUT2D eigenvalue weighted by molar-refractivity contribution is -0.139. The van der Waals surface area contributed by atoms with E-state index in [1.165, 1.54) is 4.90 Å². The molecule has 0 aliphatic rings. The largest absolute Gasteiger partial charge is 0.497 e. The molecule has 26 heavy (non-hydrogen) atoms. The van der Waals surface area contributed by atoms with Crippen molar-refractivity contribution < 1.29 is 19.1 Å². The molecule has 0 saturated heterocycles. The number of hydrogen-bond donors (Lipinski definition) is 1. The molecule has 0 aliphatic heterocycles. The van der Waals surface area contributed by atoms with Crippen molar-refractivity contribution >= 4 is 17.5 Å². The fourth-order valence-electron chi connectivity index (χ4n) is 2.42. The first-order valence-corrected chi connectivity index (χ1v) is 8.31. The zero-order valence-electron chi connectivity index (χ0n) is 15.5. The normalized spacial score (nSPS) is 11.4. The Morgan fingerprint density at radius 1 is 1.12 bits per heavy atom. The maximum Gasteiger partial charge on any atom is 0.263 e. The number of nitrogens with zero attached hydrogens (tertiary/aromatic N) is 1. The average Bonchev–Trinajstić information content (AvgIpc) is 2.61. The van der Waals surface area contributed by atoms with Crippen LogP contribution in [0.1, 0.15) is 12.5 Å². The number of methoxy groups -OCH3 is 1. The zero-order valence-corrected chi connectivity index (χ0v) is 15.5. The monoisotopic (exact) mass is 356 g/mol. The molecule has 0 aliphatic carbocycles. The third-order valence-electron chi connectivity index (χ3n) is 3.78. The number of ether oxygens (including phenoxy) is 2. The highest BCUT2D eigenvalue weighted by Gasteiger charge is 2.21. The number of hydrogen-bond acceptors (Lipinski definition) is 4. The summed E-state index contributed by atoms with van der Waals surface area (Å²) < 4.78 is 10.7. The second-order valence-corrected chi connectivity index (χ2v) is 6.05. The molecular weight excluding hydrogens is 332 g/mol. The highest BCUT2D eigenvalue weighted by molar-refractivity contribution is 5.95. The van der Waals surface area contributed by atoms with Crippen molar-refractivity contribution in [2.24, 2.45) is 0 Å². The minimum atomic E-state index is -0.685. The Labute approximate surface area is 153 Å². The lowest BCUT2D eigenvalue weighted by Gasteiger charge is -2.22. The van der Waals surface area contributed by atoms with Crippen LogP contribution in [0.15, 0.2) is 48.5 Å². The second kappa shape index (κ2) is 8.89. The van der Waals surface area contributed by atoms with Crippen LogP contribution in [0, 0.1) is 6.92 Å². The predicted octanol–water partition coefficient (Wildman–Crippen LogP) is 2.87. The van der Waals surface area contributed by atoms with Crippen LogP contribution >= 0.6 is 0 Å². The van der Waals surface area contributed by atoms with Gasteiger partial charge in [-0.1, -0.05) is 12.1 Å². The molecule has 0 spiro atoms. The number of carbonyl (C=O) groups is 2. The number of likely N-dealkylation sites (N-methyl/N-ethyl adjacent to an activating group) is 1. The summed E-state index contributed by atoms with van der Waals surface area (Å²) in [6.45, 7) is 3.56. The van der Waals surface area contributed by atoms with Gasteiger partial charge >= 0.3 is 0 Å². The van der Waals surface area contributed by atoms with Crippen LogP contribution in [-0.2, 0) is 9.59 Å². The first-order chi connectivity index (χ1) is 12.4. The molecule has 138 valence electrons. The van der Waals surface area contributed by atoms with Crippen molar-refractivity contribution in [3.05, 3.63) is 54.1 Å². The quantitative estimate of drug-likeness (QED) is 0.828. The van der Waals surface area contributed by atoms with Crippen molar-refractivity contribution in [1.29, 1.82) is 0 Å². The number of amides is 2. The van der Waals surface area contributed by atoms with E-state index in [2.05, 4.69) is 5.32 Å². The maximum atomic E-state index is 12.4. The molecule has 1 atom stereocenters. The summed E-state index contributed by atoms with van der Waals surface area (Å²) in [6.07, 6.45) is -0.685. The van der Waals surface area contributed by atoms with Gasteiger partial charge in [-0.2, -0.15) is 0 Å². The van der Waals surface area contributed by atoms with Gasteiger partial charge in [0.2, 0.25) is 5.91 Å². The van der Waals surface area contributed by atoms with Crippen LogP contribution in [0.2, 0.25) is 0 Å². The molecule has 0 radical (unpaired) electrons. The Balaban J connectivity index is 1.87. The second-order valence-electron chi connectivity index (χ2n) is 6.05. The van der Waals surface area contributed by atoms with E-state index in [1.54, 1.807) is 51.4 Å². The predicted molar refractivity (Wildman–Crippen MR) is 101 cm³/mol. The van der Waals surface area contributed by atoms with Crippen molar-refractivity contribution in [2.75, 3.05) is 26.0 Å². The SMILES string of the molecule is COc1ccc(NC(=O)CN(C)C(=O)C(C)Oc2cccc(C)c2)cc1. The molecule has 2 rings (SSSR count). The third kappa shape index (κ3) is 5.51. The third-order valence-corrected chi connectivity index (χ3v) is 3.78. The smallest absolute Gasteiger partial charge is 0.263 e. The van der Waals surface area contributed by atoms with Gasteiger partial charge in [-0.25, -0.2) is 0 Å². The van der Waals surface area contributed by atoms with Gasteiger partial charge in [-0.3, -0.25) is 9.59 Å². The van der Waals surface area contributed by atoms with Gasteiger partial charge in [0.1, 0.15) is 11.5 Å². The summed E-state index contributed by atoms with van der Waals surface area (Å²) in [4.78, 5) is 25.9. The number of anilines is 1. The number of rotatable bonds is 7. The maximum absolute atomic E-state index is 12.4. The van der Waals surface area contributed by atoms with Gasteiger partial charge in [0.25, 0.3) is 5.91 Å².